The van der Waals surface area contributed by atoms with Gasteiger partial charge in [0.05, 0.1) is 6.61 Å². The minimum absolute atomic E-state index is 0.283. The second kappa shape index (κ2) is 3.62. The van der Waals surface area contributed by atoms with Crippen LogP contribution < -0.4 is 0 Å². The van der Waals surface area contributed by atoms with Crippen LogP contribution in [0, 0.1) is 0 Å². The van der Waals surface area contributed by atoms with Crippen molar-refractivity contribution in [2.75, 3.05) is 6.61 Å². The molecular weight excluding hydrogens is 243 g/mol. The summed E-state index contributed by atoms with van der Waals surface area (Å²) in [6, 6.07) is 0. The minimum Gasteiger partial charge on any atom is -0.263 e. The van der Waals surface area contributed by atoms with Crippen LogP contribution in [0.3, 0.4) is 0 Å². The topological polar surface area (TPSA) is 43.4 Å². The minimum atomic E-state index is -3.22. The fraction of sp³-hybridized carbons (Fsp3) is 1.00. The number of rotatable bonds is 3. The van der Waals surface area contributed by atoms with Crippen LogP contribution in [-0.2, 0) is 11.5 Å². The molecule has 0 aliphatic carbocycles. The summed E-state index contributed by atoms with van der Waals surface area (Å²) in [7, 11) is -3.22. The lowest BCUT2D eigenvalue weighted by Crippen LogP contribution is -1.96. The van der Waals surface area contributed by atoms with Gasteiger partial charge < -0.3 is 0 Å². The van der Waals surface area contributed by atoms with Crippen LogP contribution in [0.25, 0.3) is 0 Å². The zero-order valence-corrected chi connectivity index (χ0v) is 7.40. The van der Waals surface area contributed by atoms with Gasteiger partial charge in [-0.25, -0.2) is 0 Å². The molecule has 0 fully saturated rings. The van der Waals surface area contributed by atoms with Gasteiger partial charge in [0.25, 0.3) is 0 Å². The lowest BCUT2D eigenvalue weighted by Gasteiger charge is -1.92. The van der Waals surface area contributed by atoms with E-state index in [4.69, 9.17) is 0 Å². The summed E-state index contributed by atoms with van der Waals surface area (Å²) in [5, 5.41) is 0. The molecule has 0 bridgehead atoms. The molecule has 0 aromatic rings. The van der Waals surface area contributed by atoms with E-state index in [1.807, 2.05) is 6.92 Å². The SMILES string of the molecule is CCCOS(=O)(=O)I. The van der Waals surface area contributed by atoms with Crippen LogP contribution in [0.4, 0.5) is 0 Å². The van der Waals surface area contributed by atoms with E-state index in [2.05, 4.69) is 4.18 Å². The third-order valence-corrected chi connectivity index (χ3v) is 1.64. The standard InChI is InChI=1S/C3H7IO3S/c1-2-3-7-8(4,5)6/h2-3H2,1H3. The maximum Gasteiger partial charge on any atom is 0.321 e. The zero-order valence-electron chi connectivity index (χ0n) is 4.43. The van der Waals surface area contributed by atoms with Crippen LogP contribution in [0.1, 0.15) is 13.3 Å². The Kier molecular flexibility index (Phi) is 3.91. The molecule has 0 aliphatic rings. The predicted octanol–water partition coefficient (Wildman–Crippen LogP) is 1.09. The molecule has 0 heterocycles. The van der Waals surface area contributed by atoms with Crippen molar-refractivity contribution in [1.82, 2.24) is 0 Å². The van der Waals surface area contributed by atoms with Crippen LogP contribution in [0.5, 0.6) is 0 Å². The predicted molar refractivity (Wildman–Crippen MR) is 39.2 cm³/mol. The fourth-order valence-corrected chi connectivity index (χ4v) is 1.09. The molecule has 0 saturated heterocycles. The van der Waals surface area contributed by atoms with Crippen LogP contribution >= 0.6 is 21.2 Å². The van der Waals surface area contributed by atoms with E-state index in [1.54, 1.807) is 0 Å². The van der Waals surface area contributed by atoms with E-state index in [0.29, 0.717) is 0 Å². The fourth-order valence-electron chi connectivity index (χ4n) is 0.183. The Morgan fingerprint density at radius 3 is 2.25 bits per heavy atom. The molecule has 0 spiro atoms. The number of halogens is 1. The average molecular weight is 250 g/mol. The summed E-state index contributed by atoms with van der Waals surface area (Å²) in [4.78, 5) is 0. The Morgan fingerprint density at radius 1 is 1.62 bits per heavy atom. The molecule has 3 nitrogen and oxygen atoms in total. The highest BCUT2D eigenvalue weighted by molar-refractivity contribution is 14.2. The molecule has 0 aliphatic heterocycles. The lowest BCUT2D eigenvalue weighted by atomic mass is 10.5. The summed E-state index contributed by atoms with van der Waals surface area (Å²) in [5.41, 5.74) is 0. The summed E-state index contributed by atoms with van der Waals surface area (Å²) in [6.07, 6.45) is 0.724. The van der Waals surface area contributed by atoms with E-state index in [0.717, 1.165) is 6.42 Å². The highest BCUT2D eigenvalue weighted by atomic mass is 127. The van der Waals surface area contributed by atoms with Gasteiger partial charge in [-0.05, 0) is 6.42 Å². The van der Waals surface area contributed by atoms with E-state index in [9.17, 15) is 8.42 Å². The van der Waals surface area contributed by atoms with Gasteiger partial charge in [0.15, 0.2) is 0 Å². The Hall–Kier alpha value is 0.640. The van der Waals surface area contributed by atoms with E-state index < -0.39 is 7.29 Å². The molecule has 0 aromatic carbocycles. The van der Waals surface area contributed by atoms with Crippen molar-refractivity contribution >= 4 is 28.5 Å². The Balaban J connectivity index is 3.42. The van der Waals surface area contributed by atoms with Gasteiger partial charge >= 0.3 is 7.29 Å². The van der Waals surface area contributed by atoms with Crippen LogP contribution in [0.15, 0.2) is 0 Å². The monoisotopic (exact) mass is 250 g/mol. The van der Waals surface area contributed by atoms with Crippen molar-refractivity contribution in [3.05, 3.63) is 0 Å². The molecule has 0 aromatic heterocycles. The first kappa shape index (κ1) is 8.64. The molecule has 0 saturated carbocycles. The first-order valence-corrected chi connectivity index (χ1v) is 6.10. The summed E-state index contributed by atoms with van der Waals surface area (Å²) < 4.78 is 24.6. The van der Waals surface area contributed by atoms with Gasteiger partial charge in [0, 0.05) is 0 Å². The summed E-state index contributed by atoms with van der Waals surface area (Å²) in [5.74, 6) is 0. The van der Waals surface area contributed by atoms with Gasteiger partial charge in [-0.3, -0.25) is 4.18 Å². The Morgan fingerprint density at radius 2 is 2.12 bits per heavy atom. The third kappa shape index (κ3) is 6.64. The quantitative estimate of drug-likeness (QED) is 0.556. The number of hydrogen-bond acceptors (Lipinski definition) is 3. The first-order chi connectivity index (χ1) is 3.56. The van der Waals surface area contributed by atoms with Crippen molar-refractivity contribution in [1.29, 1.82) is 0 Å². The molecular formula is C3H7IO3S. The van der Waals surface area contributed by atoms with E-state index >= 15 is 0 Å². The van der Waals surface area contributed by atoms with Gasteiger partial charge in [-0.1, -0.05) is 6.92 Å². The van der Waals surface area contributed by atoms with Gasteiger partial charge in [0.1, 0.15) is 21.2 Å². The van der Waals surface area contributed by atoms with Crippen LogP contribution in [-0.4, -0.2) is 15.0 Å². The highest BCUT2D eigenvalue weighted by Gasteiger charge is 1.99. The molecule has 8 heavy (non-hydrogen) atoms. The van der Waals surface area contributed by atoms with Crippen molar-refractivity contribution < 1.29 is 12.6 Å². The second-order valence-corrected chi connectivity index (χ2v) is 5.47. The first-order valence-electron chi connectivity index (χ1n) is 2.15. The van der Waals surface area contributed by atoms with Gasteiger partial charge in [-0.15, -0.1) is 0 Å². The molecule has 5 heteroatoms. The molecule has 50 valence electrons. The van der Waals surface area contributed by atoms with E-state index in [1.165, 1.54) is 21.2 Å². The lowest BCUT2D eigenvalue weighted by molar-refractivity contribution is 0.331. The van der Waals surface area contributed by atoms with E-state index in [-0.39, 0.29) is 6.61 Å². The molecule has 0 radical (unpaired) electrons. The van der Waals surface area contributed by atoms with Crippen molar-refractivity contribution in [2.24, 2.45) is 0 Å². The maximum absolute atomic E-state index is 10.2. The second-order valence-electron chi connectivity index (χ2n) is 1.22. The highest BCUT2D eigenvalue weighted by Crippen LogP contribution is 2.02. The van der Waals surface area contributed by atoms with Crippen molar-refractivity contribution in [3.8, 4) is 0 Å². The Bertz CT molecular complexity index is 139. The molecule has 0 amide bonds. The van der Waals surface area contributed by atoms with Crippen molar-refractivity contribution in [2.45, 2.75) is 13.3 Å². The average Bonchev–Trinajstić information content (AvgIpc) is 1.59. The third-order valence-electron chi connectivity index (χ3n) is 0.428. The number of hydrogen-bond donors (Lipinski definition) is 0. The van der Waals surface area contributed by atoms with Crippen LogP contribution in [0.2, 0.25) is 0 Å². The largest absolute Gasteiger partial charge is 0.321 e. The Labute approximate surface area is 61.1 Å². The smallest absolute Gasteiger partial charge is 0.263 e. The molecule has 0 N–H and O–H groups in total. The summed E-state index contributed by atoms with van der Waals surface area (Å²) >= 11 is 1.25. The summed E-state index contributed by atoms with van der Waals surface area (Å²) in [6.45, 7) is 2.13. The zero-order chi connectivity index (χ0) is 6.62. The molecule has 0 unspecified atom stereocenters. The molecule has 0 rings (SSSR count). The van der Waals surface area contributed by atoms with Gasteiger partial charge in [-0.2, -0.15) is 8.42 Å². The van der Waals surface area contributed by atoms with Crippen molar-refractivity contribution in [3.63, 3.8) is 0 Å². The normalized spacial score (nSPS) is 11.8. The maximum atomic E-state index is 10.2. The van der Waals surface area contributed by atoms with Gasteiger partial charge in [0.2, 0.25) is 0 Å². The molecule has 0 atom stereocenters.